The van der Waals surface area contributed by atoms with E-state index in [2.05, 4.69) is 4.98 Å². The van der Waals surface area contributed by atoms with E-state index in [0.29, 0.717) is 13.2 Å². The minimum atomic E-state index is 0.0100. The van der Waals surface area contributed by atoms with E-state index in [1.54, 1.807) is 17.0 Å². The van der Waals surface area contributed by atoms with E-state index < -0.39 is 0 Å². The molecular weight excluding hydrogens is 156 g/mol. The molecule has 1 aliphatic heterocycles. The van der Waals surface area contributed by atoms with Gasteiger partial charge in [-0.1, -0.05) is 0 Å². The summed E-state index contributed by atoms with van der Waals surface area (Å²) in [4.78, 5) is 15.4. The Morgan fingerprint density at radius 1 is 1.67 bits per heavy atom. The largest absolute Gasteiger partial charge is 0.377 e. The first-order valence-electron chi connectivity index (χ1n) is 3.90. The molecule has 2 rings (SSSR count). The summed E-state index contributed by atoms with van der Waals surface area (Å²) in [5, 5.41) is 0. The van der Waals surface area contributed by atoms with Crippen LogP contribution in [0.5, 0.6) is 0 Å². The van der Waals surface area contributed by atoms with E-state index in [-0.39, 0.29) is 11.6 Å². The lowest BCUT2D eigenvalue weighted by atomic mass is 10.2. The van der Waals surface area contributed by atoms with Crippen molar-refractivity contribution in [1.29, 1.82) is 0 Å². The molecule has 0 aliphatic carbocycles. The monoisotopic (exact) mass is 166 g/mol. The smallest absolute Gasteiger partial charge is 0.253 e. The minimum Gasteiger partial charge on any atom is -0.377 e. The third kappa shape index (κ3) is 1.14. The molecule has 0 saturated carbocycles. The van der Waals surface area contributed by atoms with Crippen LogP contribution in [0.4, 0.5) is 0 Å². The Labute approximate surface area is 69.8 Å². The molecule has 1 saturated heterocycles. The van der Waals surface area contributed by atoms with Crippen molar-refractivity contribution in [3.63, 3.8) is 0 Å². The van der Waals surface area contributed by atoms with Crippen LogP contribution in [0, 0.1) is 6.92 Å². The molecule has 0 spiro atoms. The Balaban J connectivity index is 2.37. The van der Waals surface area contributed by atoms with Crippen molar-refractivity contribution in [1.82, 2.24) is 9.55 Å². The molecule has 64 valence electrons. The lowest BCUT2D eigenvalue weighted by Crippen LogP contribution is -2.37. The summed E-state index contributed by atoms with van der Waals surface area (Å²) in [5.74, 6) is 0. The van der Waals surface area contributed by atoms with Gasteiger partial charge in [0.1, 0.15) is 0 Å². The van der Waals surface area contributed by atoms with Gasteiger partial charge in [-0.3, -0.25) is 9.36 Å². The maximum atomic E-state index is 11.3. The number of rotatable bonds is 1. The van der Waals surface area contributed by atoms with Crippen molar-refractivity contribution in [2.24, 2.45) is 0 Å². The SMILES string of the molecule is Cc1cc(=O)n(C2COC2)cn1. The summed E-state index contributed by atoms with van der Waals surface area (Å²) < 4.78 is 6.61. The fourth-order valence-electron chi connectivity index (χ4n) is 1.16. The van der Waals surface area contributed by atoms with Crippen LogP contribution in [0.25, 0.3) is 0 Å². The Morgan fingerprint density at radius 2 is 2.42 bits per heavy atom. The maximum absolute atomic E-state index is 11.3. The first kappa shape index (κ1) is 7.49. The summed E-state index contributed by atoms with van der Waals surface area (Å²) in [5.41, 5.74) is 0.771. The molecule has 1 aromatic heterocycles. The van der Waals surface area contributed by atoms with Crippen molar-refractivity contribution in [3.05, 3.63) is 28.4 Å². The van der Waals surface area contributed by atoms with E-state index in [1.165, 1.54) is 0 Å². The number of aromatic nitrogens is 2. The maximum Gasteiger partial charge on any atom is 0.253 e. The molecule has 1 aromatic rings. The van der Waals surface area contributed by atoms with Crippen LogP contribution in [0.1, 0.15) is 11.7 Å². The minimum absolute atomic E-state index is 0.0100. The van der Waals surface area contributed by atoms with Gasteiger partial charge in [0.05, 0.1) is 25.6 Å². The first-order chi connectivity index (χ1) is 5.77. The van der Waals surface area contributed by atoms with Crippen molar-refractivity contribution in [2.45, 2.75) is 13.0 Å². The predicted octanol–water partition coefficient (Wildman–Crippen LogP) is 0.123. The lowest BCUT2D eigenvalue weighted by molar-refractivity contribution is -0.0253. The van der Waals surface area contributed by atoms with E-state index in [0.717, 1.165) is 5.69 Å². The van der Waals surface area contributed by atoms with Gasteiger partial charge < -0.3 is 4.74 Å². The molecule has 1 aliphatic rings. The Morgan fingerprint density at radius 3 is 2.92 bits per heavy atom. The van der Waals surface area contributed by atoms with E-state index in [9.17, 15) is 4.79 Å². The number of nitrogens with zero attached hydrogens (tertiary/aromatic N) is 2. The second-order valence-electron chi connectivity index (χ2n) is 2.97. The van der Waals surface area contributed by atoms with Gasteiger partial charge in [-0.25, -0.2) is 4.98 Å². The average molecular weight is 166 g/mol. The van der Waals surface area contributed by atoms with Crippen molar-refractivity contribution >= 4 is 0 Å². The van der Waals surface area contributed by atoms with E-state index >= 15 is 0 Å². The van der Waals surface area contributed by atoms with E-state index in [1.807, 2.05) is 6.92 Å². The molecule has 2 heterocycles. The van der Waals surface area contributed by atoms with Crippen molar-refractivity contribution < 1.29 is 4.74 Å². The summed E-state index contributed by atoms with van der Waals surface area (Å²) in [7, 11) is 0. The molecule has 1 fully saturated rings. The number of hydrogen-bond donors (Lipinski definition) is 0. The zero-order valence-electron chi connectivity index (χ0n) is 6.86. The van der Waals surface area contributed by atoms with Gasteiger partial charge in [0, 0.05) is 11.8 Å². The molecule has 0 unspecified atom stereocenters. The van der Waals surface area contributed by atoms with Crippen LogP contribution in [-0.4, -0.2) is 22.8 Å². The quantitative estimate of drug-likeness (QED) is 0.595. The second-order valence-corrected chi connectivity index (χ2v) is 2.97. The topological polar surface area (TPSA) is 44.1 Å². The highest BCUT2D eigenvalue weighted by molar-refractivity contribution is 4.97. The van der Waals surface area contributed by atoms with Crippen molar-refractivity contribution in [3.8, 4) is 0 Å². The van der Waals surface area contributed by atoms with E-state index in [4.69, 9.17) is 4.74 Å². The van der Waals surface area contributed by atoms with Gasteiger partial charge in [0.15, 0.2) is 0 Å². The summed E-state index contributed by atoms with van der Waals surface area (Å²) in [6.45, 7) is 3.07. The molecule has 4 heteroatoms. The molecule has 0 aromatic carbocycles. The van der Waals surface area contributed by atoms with Gasteiger partial charge in [-0.2, -0.15) is 0 Å². The highest BCUT2D eigenvalue weighted by atomic mass is 16.5. The van der Waals surface area contributed by atoms with Crippen molar-refractivity contribution in [2.75, 3.05) is 13.2 Å². The predicted molar refractivity (Wildman–Crippen MR) is 43.1 cm³/mol. The Kier molecular flexibility index (Phi) is 1.69. The molecule has 12 heavy (non-hydrogen) atoms. The van der Waals surface area contributed by atoms with Crippen LogP contribution in [0.15, 0.2) is 17.2 Å². The van der Waals surface area contributed by atoms with Crippen LogP contribution >= 0.6 is 0 Å². The van der Waals surface area contributed by atoms with Crippen LogP contribution in [0.2, 0.25) is 0 Å². The molecule has 4 nitrogen and oxygen atoms in total. The van der Waals surface area contributed by atoms with Gasteiger partial charge in [0.25, 0.3) is 5.56 Å². The van der Waals surface area contributed by atoms with Gasteiger partial charge in [-0.15, -0.1) is 0 Å². The highest BCUT2D eigenvalue weighted by Crippen LogP contribution is 2.13. The zero-order valence-corrected chi connectivity index (χ0v) is 6.86. The lowest BCUT2D eigenvalue weighted by Gasteiger charge is -2.27. The second kappa shape index (κ2) is 2.71. The van der Waals surface area contributed by atoms with Gasteiger partial charge in [-0.05, 0) is 6.92 Å². The number of aryl methyl sites for hydroxylation is 1. The first-order valence-corrected chi connectivity index (χ1v) is 3.90. The molecule has 0 radical (unpaired) electrons. The van der Waals surface area contributed by atoms with Gasteiger partial charge in [0.2, 0.25) is 0 Å². The summed E-state index contributed by atoms with van der Waals surface area (Å²) >= 11 is 0. The molecule has 0 amide bonds. The Bertz CT molecular complexity index is 341. The van der Waals surface area contributed by atoms with Gasteiger partial charge >= 0.3 is 0 Å². The summed E-state index contributed by atoms with van der Waals surface area (Å²) in [6, 6.07) is 1.74. The summed E-state index contributed by atoms with van der Waals surface area (Å²) in [6.07, 6.45) is 1.59. The third-order valence-electron chi connectivity index (χ3n) is 1.99. The average Bonchev–Trinajstić information content (AvgIpc) is 1.91. The Hall–Kier alpha value is -1.16. The normalized spacial score (nSPS) is 17.4. The van der Waals surface area contributed by atoms with Crippen LogP contribution < -0.4 is 5.56 Å². The number of ether oxygens (including phenoxy) is 1. The fourth-order valence-corrected chi connectivity index (χ4v) is 1.16. The van der Waals surface area contributed by atoms with Crippen LogP contribution in [-0.2, 0) is 4.74 Å². The standard InChI is InChI=1S/C8H10N2O2/c1-6-2-8(11)10(5-9-6)7-3-12-4-7/h2,5,7H,3-4H2,1H3. The highest BCUT2D eigenvalue weighted by Gasteiger charge is 2.20. The molecular formula is C8H10N2O2. The fraction of sp³-hybridized carbons (Fsp3) is 0.500. The zero-order chi connectivity index (χ0) is 8.55. The molecule has 0 N–H and O–H groups in total. The van der Waals surface area contributed by atoms with Crippen LogP contribution in [0.3, 0.4) is 0 Å². The molecule has 0 bridgehead atoms. The molecule has 0 atom stereocenters. The number of hydrogen-bond acceptors (Lipinski definition) is 3. The third-order valence-corrected chi connectivity index (χ3v) is 1.99.